The van der Waals surface area contributed by atoms with Gasteiger partial charge in [-0.05, 0) is 30.7 Å². The number of nitrogens with zero attached hydrogens (tertiary/aromatic N) is 1. The average Bonchev–Trinajstić information content (AvgIpc) is 2.35. The summed E-state index contributed by atoms with van der Waals surface area (Å²) in [6, 6.07) is 4.49. The molecule has 0 saturated heterocycles. The molecule has 0 aromatic heterocycles. The zero-order valence-corrected chi connectivity index (χ0v) is 11.5. The molecule has 1 rings (SSSR count). The molecular formula is C10H11FN2O4S2. The smallest absolute Gasteiger partial charge is 0.207 e. The van der Waals surface area contributed by atoms with Crippen molar-refractivity contribution in [3.05, 3.63) is 24.3 Å². The third-order valence-electron chi connectivity index (χ3n) is 2.28. The van der Waals surface area contributed by atoms with Gasteiger partial charge in [-0.25, -0.2) is 8.42 Å². The van der Waals surface area contributed by atoms with E-state index in [2.05, 4.69) is 4.72 Å². The highest BCUT2D eigenvalue weighted by molar-refractivity contribution is 7.89. The molecule has 0 spiro atoms. The first-order valence-corrected chi connectivity index (χ1v) is 8.04. The van der Waals surface area contributed by atoms with Gasteiger partial charge in [0.2, 0.25) is 10.0 Å². The number of rotatable bonds is 5. The van der Waals surface area contributed by atoms with Crippen molar-refractivity contribution >= 4 is 20.2 Å². The molecule has 0 saturated carbocycles. The molecular weight excluding hydrogens is 295 g/mol. The predicted octanol–water partition coefficient (Wildman–Crippen LogP) is 0.925. The van der Waals surface area contributed by atoms with Gasteiger partial charge in [0.1, 0.15) is 6.04 Å². The molecule has 6 nitrogen and oxygen atoms in total. The fourth-order valence-corrected chi connectivity index (χ4v) is 2.92. The lowest BCUT2D eigenvalue weighted by molar-refractivity contribution is 0.551. The molecule has 0 radical (unpaired) electrons. The van der Waals surface area contributed by atoms with Crippen molar-refractivity contribution in [2.24, 2.45) is 0 Å². The number of nitrogens with one attached hydrogen (secondary N) is 1. The van der Waals surface area contributed by atoms with Crippen LogP contribution in [0.25, 0.3) is 0 Å². The number of halogens is 1. The standard InChI is InChI=1S/C10H11FN2O4S2/c1-2-8(7-12)13-19(16,17)10-5-3-9(4-6-10)18(11,14)15/h3-6,8,13H,2H2,1H3. The van der Waals surface area contributed by atoms with E-state index in [1.165, 1.54) is 0 Å². The first-order chi connectivity index (χ1) is 8.70. The largest absolute Gasteiger partial charge is 0.332 e. The highest BCUT2D eigenvalue weighted by Crippen LogP contribution is 2.16. The van der Waals surface area contributed by atoms with Crippen LogP contribution in [0.2, 0.25) is 0 Å². The maximum Gasteiger partial charge on any atom is 0.332 e. The Balaban J connectivity index is 3.08. The monoisotopic (exact) mass is 306 g/mol. The van der Waals surface area contributed by atoms with Crippen LogP contribution in [0.3, 0.4) is 0 Å². The topological polar surface area (TPSA) is 104 Å². The Kier molecular flexibility index (Phi) is 4.62. The van der Waals surface area contributed by atoms with E-state index in [4.69, 9.17) is 5.26 Å². The molecule has 9 heteroatoms. The molecule has 1 aromatic rings. The molecule has 1 N–H and O–H groups in total. The Morgan fingerprint density at radius 3 is 2.05 bits per heavy atom. The minimum Gasteiger partial charge on any atom is -0.207 e. The summed E-state index contributed by atoms with van der Waals surface area (Å²) in [4.78, 5) is -0.868. The van der Waals surface area contributed by atoms with Gasteiger partial charge in [-0.3, -0.25) is 0 Å². The van der Waals surface area contributed by atoms with Gasteiger partial charge in [-0.2, -0.15) is 18.4 Å². The lowest BCUT2D eigenvalue weighted by atomic mass is 10.3. The maximum absolute atomic E-state index is 12.6. The van der Waals surface area contributed by atoms with Gasteiger partial charge in [-0.1, -0.05) is 6.92 Å². The van der Waals surface area contributed by atoms with E-state index in [0.717, 1.165) is 24.3 Å². The zero-order valence-electron chi connectivity index (χ0n) is 9.87. The van der Waals surface area contributed by atoms with Gasteiger partial charge in [0.25, 0.3) is 0 Å². The Labute approximate surface area is 111 Å². The Bertz CT molecular complexity index is 690. The fourth-order valence-electron chi connectivity index (χ4n) is 1.24. The zero-order chi connectivity index (χ0) is 14.7. The average molecular weight is 306 g/mol. The summed E-state index contributed by atoms with van der Waals surface area (Å²) in [7, 11) is -8.80. The molecule has 104 valence electrons. The summed E-state index contributed by atoms with van der Waals surface area (Å²) < 4.78 is 59.6. The van der Waals surface area contributed by atoms with Crippen LogP contribution in [0.5, 0.6) is 0 Å². The van der Waals surface area contributed by atoms with Crippen molar-refractivity contribution < 1.29 is 20.7 Å². The summed E-state index contributed by atoms with van der Waals surface area (Å²) in [6.45, 7) is 1.63. The number of hydrogen-bond donors (Lipinski definition) is 1. The number of nitriles is 1. The van der Waals surface area contributed by atoms with Crippen LogP contribution in [-0.2, 0) is 20.2 Å². The first kappa shape index (κ1) is 15.6. The minimum absolute atomic E-state index is 0.242. The van der Waals surface area contributed by atoms with E-state index in [0.29, 0.717) is 0 Å². The number of hydrogen-bond acceptors (Lipinski definition) is 5. The van der Waals surface area contributed by atoms with Crippen molar-refractivity contribution in [1.82, 2.24) is 4.72 Å². The molecule has 1 unspecified atom stereocenters. The van der Waals surface area contributed by atoms with Gasteiger partial charge < -0.3 is 0 Å². The number of benzene rings is 1. The van der Waals surface area contributed by atoms with Gasteiger partial charge in [0, 0.05) is 0 Å². The van der Waals surface area contributed by atoms with Crippen LogP contribution in [0.4, 0.5) is 3.89 Å². The van der Waals surface area contributed by atoms with E-state index in [1.807, 2.05) is 0 Å². The second-order valence-electron chi connectivity index (χ2n) is 3.62. The molecule has 1 atom stereocenters. The maximum atomic E-state index is 12.6. The molecule has 0 aliphatic heterocycles. The van der Waals surface area contributed by atoms with Crippen LogP contribution in [0.1, 0.15) is 13.3 Å². The normalized spacial score (nSPS) is 13.7. The van der Waals surface area contributed by atoms with E-state index < -0.39 is 31.2 Å². The van der Waals surface area contributed by atoms with Crippen LogP contribution in [-0.4, -0.2) is 22.9 Å². The molecule has 0 amide bonds. The SMILES string of the molecule is CCC(C#N)NS(=O)(=O)c1ccc(S(=O)(=O)F)cc1. The molecule has 0 aliphatic rings. The molecule has 1 aromatic carbocycles. The second kappa shape index (κ2) is 5.64. The summed E-state index contributed by atoms with van der Waals surface area (Å²) in [6.07, 6.45) is 0.284. The Morgan fingerprint density at radius 1 is 1.21 bits per heavy atom. The van der Waals surface area contributed by atoms with Gasteiger partial charge in [-0.15, -0.1) is 3.89 Å². The lowest BCUT2D eigenvalue weighted by Crippen LogP contribution is -2.33. The molecule has 0 heterocycles. The lowest BCUT2D eigenvalue weighted by Gasteiger charge is -2.10. The van der Waals surface area contributed by atoms with Crippen LogP contribution >= 0.6 is 0 Å². The third kappa shape index (κ3) is 3.99. The van der Waals surface area contributed by atoms with E-state index in [1.54, 1.807) is 13.0 Å². The van der Waals surface area contributed by atoms with Crippen LogP contribution in [0, 0.1) is 11.3 Å². The molecule has 19 heavy (non-hydrogen) atoms. The predicted molar refractivity (Wildman–Crippen MR) is 64.7 cm³/mol. The number of sulfonamides is 1. The third-order valence-corrected chi connectivity index (χ3v) is 4.60. The van der Waals surface area contributed by atoms with E-state index in [9.17, 15) is 20.7 Å². The summed E-state index contributed by atoms with van der Waals surface area (Å²) >= 11 is 0. The van der Waals surface area contributed by atoms with Crippen molar-refractivity contribution in [1.29, 1.82) is 5.26 Å². The summed E-state index contributed by atoms with van der Waals surface area (Å²) in [5.74, 6) is 0. The van der Waals surface area contributed by atoms with Crippen molar-refractivity contribution in [3.63, 3.8) is 0 Å². The fraction of sp³-hybridized carbons (Fsp3) is 0.300. The van der Waals surface area contributed by atoms with Crippen LogP contribution < -0.4 is 4.72 Å². The second-order valence-corrected chi connectivity index (χ2v) is 6.68. The van der Waals surface area contributed by atoms with Gasteiger partial charge in [0.05, 0.1) is 15.9 Å². The van der Waals surface area contributed by atoms with Crippen molar-refractivity contribution in [3.8, 4) is 6.07 Å². The Hall–Kier alpha value is -1.50. The van der Waals surface area contributed by atoms with E-state index in [-0.39, 0.29) is 11.3 Å². The van der Waals surface area contributed by atoms with E-state index >= 15 is 0 Å². The quantitative estimate of drug-likeness (QED) is 0.815. The first-order valence-electron chi connectivity index (χ1n) is 5.17. The minimum atomic E-state index is -4.87. The molecule has 0 bridgehead atoms. The van der Waals surface area contributed by atoms with Crippen LogP contribution in [0.15, 0.2) is 34.1 Å². The molecule has 0 aliphatic carbocycles. The Morgan fingerprint density at radius 2 is 1.68 bits per heavy atom. The van der Waals surface area contributed by atoms with Gasteiger partial charge in [0.15, 0.2) is 0 Å². The highest BCUT2D eigenvalue weighted by Gasteiger charge is 2.20. The highest BCUT2D eigenvalue weighted by atomic mass is 32.3. The van der Waals surface area contributed by atoms with Gasteiger partial charge >= 0.3 is 10.2 Å². The summed E-state index contributed by atoms with van der Waals surface area (Å²) in [5, 5.41) is 8.68. The van der Waals surface area contributed by atoms with Crippen molar-refractivity contribution in [2.75, 3.05) is 0 Å². The molecule has 0 fully saturated rings. The summed E-state index contributed by atoms with van der Waals surface area (Å²) in [5.41, 5.74) is 0. The van der Waals surface area contributed by atoms with Crippen molar-refractivity contribution in [2.45, 2.75) is 29.2 Å².